The predicted molar refractivity (Wildman–Crippen MR) is 71.5 cm³/mol. The van der Waals surface area contributed by atoms with E-state index in [4.69, 9.17) is 5.84 Å². The van der Waals surface area contributed by atoms with Crippen LogP contribution >= 0.6 is 0 Å². The van der Waals surface area contributed by atoms with Crippen LogP contribution in [0.4, 0.5) is 0 Å². The molecule has 0 aliphatic heterocycles. The molecule has 0 atom stereocenters. The fourth-order valence-electron chi connectivity index (χ4n) is 1.98. The molecule has 0 aromatic rings. The molecule has 0 radical (unpaired) electrons. The first kappa shape index (κ1) is 12.7. The molecular weight excluding hydrogens is 212 g/mol. The molecule has 2 saturated carbocycles. The van der Waals surface area contributed by atoms with Gasteiger partial charge in [0, 0.05) is 19.6 Å². The van der Waals surface area contributed by atoms with Crippen molar-refractivity contribution in [1.29, 1.82) is 0 Å². The lowest BCUT2D eigenvalue weighted by Crippen LogP contribution is -2.46. The van der Waals surface area contributed by atoms with Crippen molar-refractivity contribution in [3.63, 3.8) is 0 Å². The van der Waals surface area contributed by atoms with Crippen molar-refractivity contribution in [3.05, 3.63) is 0 Å². The Morgan fingerprint density at radius 1 is 1.24 bits per heavy atom. The number of rotatable bonds is 6. The van der Waals surface area contributed by atoms with Crippen LogP contribution in [0.2, 0.25) is 0 Å². The average molecular weight is 238 g/mol. The highest BCUT2D eigenvalue weighted by Gasteiger charge is 2.30. The Morgan fingerprint density at radius 3 is 2.12 bits per heavy atom. The summed E-state index contributed by atoms with van der Waals surface area (Å²) in [6.45, 7) is 7.49. The number of hydrogen-bond acceptors (Lipinski definition) is 2. The Kier molecular flexibility index (Phi) is 4.26. The maximum absolute atomic E-state index is 5.63. The predicted octanol–water partition coefficient (Wildman–Crippen LogP) is 1.58. The van der Waals surface area contributed by atoms with Gasteiger partial charge in [-0.1, -0.05) is 13.8 Å². The van der Waals surface area contributed by atoms with Crippen LogP contribution in [0.25, 0.3) is 0 Å². The van der Waals surface area contributed by atoms with Gasteiger partial charge in [0.1, 0.15) is 0 Å². The Hall–Kier alpha value is -0.770. The number of nitrogens with one attached hydrogen (secondary N) is 1. The van der Waals surface area contributed by atoms with Crippen molar-refractivity contribution in [2.45, 2.75) is 39.5 Å². The number of guanidine groups is 1. The molecule has 0 aromatic carbocycles. The van der Waals surface area contributed by atoms with Gasteiger partial charge in [-0.15, -0.1) is 0 Å². The van der Waals surface area contributed by atoms with Gasteiger partial charge in [0.15, 0.2) is 0 Å². The summed E-state index contributed by atoms with van der Waals surface area (Å²) in [5.41, 5.74) is 2.80. The van der Waals surface area contributed by atoms with Crippen LogP contribution in [-0.4, -0.2) is 30.5 Å². The van der Waals surface area contributed by atoms with Crippen LogP contribution in [-0.2, 0) is 0 Å². The van der Waals surface area contributed by atoms with Crippen molar-refractivity contribution in [2.24, 2.45) is 28.6 Å². The van der Waals surface area contributed by atoms with Crippen molar-refractivity contribution in [3.8, 4) is 0 Å². The van der Waals surface area contributed by atoms with Crippen LogP contribution in [0.3, 0.4) is 0 Å². The number of aliphatic imine (C=N–C) groups is 1. The number of hydrazine groups is 1. The molecule has 0 spiro atoms. The Morgan fingerprint density at radius 2 is 1.76 bits per heavy atom. The van der Waals surface area contributed by atoms with Gasteiger partial charge in [0.2, 0.25) is 5.96 Å². The van der Waals surface area contributed by atoms with Crippen LogP contribution in [0, 0.1) is 17.8 Å². The molecule has 0 aromatic heterocycles. The summed E-state index contributed by atoms with van der Waals surface area (Å²) in [7, 11) is 0. The highest BCUT2D eigenvalue weighted by atomic mass is 15.4. The normalized spacial score (nSPS) is 20.8. The van der Waals surface area contributed by atoms with Gasteiger partial charge in [0.05, 0.1) is 0 Å². The molecule has 98 valence electrons. The SMILES string of the molecule is CC(C)CN=C(NN)N(CC1CC1)CC1CC1. The molecule has 2 fully saturated rings. The third-order valence-electron chi connectivity index (χ3n) is 3.39. The number of nitrogens with zero attached hydrogens (tertiary/aromatic N) is 2. The van der Waals surface area contributed by atoms with Crippen LogP contribution < -0.4 is 11.3 Å². The summed E-state index contributed by atoms with van der Waals surface area (Å²) in [4.78, 5) is 6.98. The second-order valence-corrected chi connectivity index (χ2v) is 5.99. The lowest BCUT2D eigenvalue weighted by Gasteiger charge is -2.25. The molecule has 0 unspecified atom stereocenters. The van der Waals surface area contributed by atoms with E-state index in [0.29, 0.717) is 5.92 Å². The monoisotopic (exact) mass is 238 g/mol. The van der Waals surface area contributed by atoms with Crippen molar-refractivity contribution in [2.75, 3.05) is 19.6 Å². The molecule has 0 saturated heterocycles. The van der Waals surface area contributed by atoms with Gasteiger partial charge in [-0.05, 0) is 43.4 Å². The summed E-state index contributed by atoms with van der Waals surface area (Å²) in [6, 6.07) is 0. The Bertz CT molecular complexity index is 253. The molecule has 0 bridgehead atoms. The standard InChI is InChI=1S/C13H26N4/c1-10(2)7-15-13(16-14)17(8-11-3-4-11)9-12-5-6-12/h10-12H,3-9,14H2,1-2H3,(H,15,16). The third-order valence-corrected chi connectivity index (χ3v) is 3.39. The largest absolute Gasteiger partial charge is 0.341 e. The summed E-state index contributed by atoms with van der Waals surface area (Å²) in [5.74, 6) is 8.88. The molecule has 0 heterocycles. The van der Waals surface area contributed by atoms with Crippen LogP contribution in [0.15, 0.2) is 4.99 Å². The zero-order chi connectivity index (χ0) is 12.3. The molecular formula is C13H26N4. The highest BCUT2D eigenvalue weighted by Crippen LogP contribution is 2.33. The molecule has 2 aliphatic rings. The molecule has 17 heavy (non-hydrogen) atoms. The Labute approximate surface area is 105 Å². The molecule has 4 nitrogen and oxygen atoms in total. The van der Waals surface area contributed by atoms with Crippen molar-refractivity contribution < 1.29 is 0 Å². The zero-order valence-corrected chi connectivity index (χ0v) is 11.2. The molecule has 4 heteroatoms. The Balaban J connectivity index is 1.90. The first-order valence-corrected chi connectivity index (χ1v) is 6.95. The van der Waals surface area contributed by atoms with E-state index in [1.165, 1.54) is 25.7 Å². The topological polar surface area (TPSA) is 53.6 Å². The molecule has 3 N–H and O–H groups in total. The van der Waals surface area contributed by atoms with E-state index in [2.05, 4.69) is 29.2 Å². The van der Waals surface area contributed by atoms with E-state index in [0.717, 1.165) is 37.4 Å². The first-order valence-electron chi connectivity index (χ1n) is 6.95. The summed E-state index contributed by atoms with van der Waals surface area (Å²) >= 11 is 0. The average Bonchev–Trinajstić information content (AvgIpc) is 3.12. The van der Waals surface area contributed by atoms with Gasteiger partial charge >= 0.3 is 0 Å². The zero-order valence-electron chi connectivity index (χ0n) is 11.2. The van der Waals surface area contributed by atoms with Gasteiger partial charge in [0.25, 0.3) is 0 Å². The van der Waals surface area contributed by atoms with Gasteiger partial charge in [-0.25, -0.2) is 5.84 Å². The van der Waals surface area contributed by atoms with Gasteiger partial charge < -0.3 is 4.90 Å². The summed E-state index contributed by atoms with van der Waals surface area (Å²) in [5, 5.41) is 0. The van der Waals surface area contributed by atoms with Gasteiger partial charge in [-0.2, -0.15) is 0 Å². The van der Waals surface area contributed by atoms with Crippen molar-refractivity contribution in [1.82, 2.24) is 10.3 Å². The van der Waals surface area contributed by atoms with E-state index < -0.39 is 0 Å². The van der Waals surface area contributed by atoms with Gasteiger partial charge in [-0.3, -0.25) is 10.4 Å². The quantitative estimate of drug-likeness (QED) is 0.320. The third kappa shape index (κ3) is 4.54. The lowest BCUT2D eigenvalue weighted by molar-refractivity contribution is 0.368. The molecule has 0 amide bonds. The first-order chi connectivity index (χ1) is 8.19. The smallest absolute Gasteiger partial charge is 0.208 e. The second kappa shape index (κ2) is 5.71. The molecule has 2 rings (SSSR count). The fourth-order valence-corrected chi connectivity index (χ4v) is 1.98. The van der Waals surface area contributed by atoms with E-state index >= 15 is 0 Å². The van der Waals surface area contributed by atoms with E-state index in [-0.39, 0.29) is 0 Å². The van der Waals surface area contributed by atoms with Crippen LogP contribution in [0.1, 0.15) is 39.5 Å². The minimum atomic E-state index is 0.585. The summed E-state index contributed by atoms with van der Waals surface area (Å²) < 4.78 is 0. The van der Waals surface area contributed by atoms with E-state index in [1.807, 2.05) is 0 Å². The minimum absolute atomic E-state index is 0.585. The maximum atomic E-state index is 5.63. The summed E-state index contributed by atoms with van der Waals surface area (Å²) in [6.07, 6.45) is 5.51. The van der Waals surface area contributed by atoms with Crippen molar-refractivity contribution >= 4 is 5.96 Å². The van der Waals surface area contributed by atoms with E-state index in [9.17, 15) is 0 Å². The minimum Gasteiger partial charge on any atom is -0.341 e. The van der Waals surface area contributed by atoms with E-state index in [1.54, 1.807) is 0 Å². The lowest BCUT2D eigenvalue weighted by atomic mass is 10.2. The maximum Gasteiger partial charge on any atom is 0.208 e. The highest BCUT2D eigenvalue weighted by molar-refractivity contribution is 5.79. The number of nitrogens with two attached hydrogens (primary N) is 1. The second-order valence-electron chi connectivity index (χ2n) is 5.99. The fraction of sp³-hybridized carbons (Fsp3) is 0.923. The van der Waals surface area contributed by atoms with Crippen LogP contribution in [0.5, 0.6) is 0 Å². The number of hydrogen-bond donors (Lipinski definition) is 2. The molecule has 2 aliphatic carbocycles.